The van der Waals surface area contributed by atoms with E-state index >= 15 is 0 Å². The van der Waals surface area contributed by atoms with Crippen LogP contribution in [0.2, 0.25) is 0 Å². The van der Waals surface area contributed by atoms with Gasteiger partial charge >= 0.3 is 11.9 Å². The van der Waals surface area contributed by atoms with Gasteiger partial charge in [-0.1, -0.05) is 65.2 Å². The molecule has 0 heterocycles. The Morgan fingerprint density at radius 3 is 2.08 bits per heavy atom. The first-order valence-electron chi connectivity index (χ1n) is 10.4. The van der Waals surface area contributed by atoms with Crippen LogP contribution in [-0.4, -0.2) is 55.3 Å². The Bertz CT molecular complexity index is 390. The molecule has 0 bridgehead atoms. The van der Waals surface area contributed by atoms with Gasteiger partial charge in [-0.2, -0.15) is 0 Å². The van der Waals surface area contributed by atoms with Crippen LogP contribution in [0, 0.1) is 5.92 Å². The van der Waals surface area contributed by atoms with Gasteiger partial charge in [0.25, 0.3) is 0 Å². The number of rotatable bonds is 16. The number of nitrogens with zero attached hydrogens (tertiary/aromatic N) is 1. The molecule has 0 fully saturated rings. The minimum absolute atomic E-state index is 0.128. The number of hydrogen-bond donors (Lipinski definition) is 1. The molecule has 5 heteroatoms. The highest BCUT2D eigenvalue weighted by Crippen LogP contribution is 2.17. The molecule has 0 aliphatic carbocycles. The summed E-state index contributed by atoms with van der Waals surface area (Å²) in [6, 6.07) is 0. The number of ether oxygens (including phenoxy) is 1. The second-order valence-electron chi connectivity index (χ2n) is 8.74. The molecule has 1 N–H and O–H groups in total. The van der Waals surface area contributed by atoms with Gasteiger partial charge in [0.2, 0.25) is 0 Å². The standard InChI is InChI=1S/C21H41NO4/c1-6-7-10-13-18(2)14-11-8-9-12-15-21(25)26-19(16-20(23)24)17-22(3,4)5/h18-19H,6-17H2,1-5H3/p+1. The van der Waals surface area contributed by atoms with Crippen molar-refractivity contribution in [3.05, 3.63) is 0 Å². The summed E-state index contributed by atoms with van der Waals surface area (Å²) in [6.45, 7) is 5.08. The number of hydrogen-bond acceptors (Lipinski definition) is 3. The average Bonchev–Trinajstić information content (AvgIpc) is 2.48. The van der Waals surface area contributed by atoms with Crippen LogP contribution in [-0.2, 0) is 14.3 Å². The summed E-state index contributed by atoms with van der Waals surface area (Å²) < 4.78 is 5.97. The molecule has 0 rings (SSSR count). The fraction of sp³-hybridized carbons (Fsp3) is 0.905. The molecule has 0 spiro atoms. The van der Waals surface area contributed by atoms with Crippen LogP contribution in [0.25, 0.3) is 0 Å². The molecule has 0 aromatic rings. The van der Waals surface area contributed by atoms with Gasteiger partial charge in [0.1, 0.15) is 6.54 Å². The molecule has 0 amide bonds. The maximum absolute atomic E-state index is 12.0. The van der Waals surface area contributed by atoms with E-state index in [2.05, 4.69) is 13.8 Å². The van der Waals surface area contributed by atoms with Gasteiger partial charge in [0, 0.05) is 6.42 Å². The fourth-order valence-corrected chi connectivity index (χ4v) is 3.20. The third-order valence-electron chi connectivity index (χ3n) is 4.58. The lowest BCUT2D eigenvalue weighted by Gasteiger charge is -2.28. The zero-order valence-corrected chi connectivity index (χ0v) is 17.8. The summed E-state index contributed by atoms with van der Waals surface area (Å²) >= 11 is 0. The third-order valence-corrected chi connectivity index (χ3v) is 4.58. The van der Waals surface area contributed by atoms with Gasteiger partial charge in [-0.05, 0) is 12.3 Å². The Kier molecular flexibility index (Phi) is 13.4. The molecule has 0 aromatic carbocycles. The van der Waals surface area contributed by atoms with E-state index in [-0.39, 0.29) is 12.4 Å². The molecular formula is C21H42NO4+. The normalized spacial score (nSPS) is 14.0. The lowest BCUT2D eigenvalue weighted by atomic mass is 9.96. The van der Waals surface area contributed by atoms with Crippen molar-refractivity contribution in [3.63, 3.8) is 0 Å². The molecule has 0 saturated carbocycles. The van der Waals surface area contributed by atoms with E-state index < -0.39 is 12.1 Å². The molecule has 154 valence electrons. The number of carboxylic acids is 1. The van der Waals surface area contributed by atoms with E-state index in [4.69, 9.17) is 9.84 Å². The van der Waals surface area contributed by atoms with Crippen molar-refractivity contribution < 1.29 is 23.9 Å². The van der Waals surface area contributed by atoms with E-state index in [9.17, 15) is 9.59 Å². The Balaban J connectivity index is 3.87. The lowest BCUT2D eigenvalue weighted by Crippen LogP contribution is -2.43. The van der Waals surface area contributed by atoms with Crippen LogP contribution in [0.1, 0.15) is 84.5 Å². The van der Waals surface area contributed by atoms with E-state index in [1.165, 1.54) is 38.5 Å². The number of carbonyl (C=O) groups excluding carboxylic acids is 1. The van der Waals surface area contributed by atoms with Crippen LogP contribution >= 0.6 is 0 Å². The van der Waals surface area contributed by atoms with E-state index in [1.807, 2.05) is 21.1 Å². The molecule has 26 heavy (non-hydrogen) atoms. The smallest absolute Gasteiger partial charge is 0.307 e. The van der Waals surface area contributed by atoms with Crippen molar-refractivity contribution in [2.45, 2.75) is 90.6 Å². The first kappa shape index (κ1) is 24.9. The number of aliphatic carboxylic acids is 1. The Morgan fingerprint density at radius 2 is 1.54 bits per heavy atom. The summed E-state index contributed by atoms with van der Waals surface area (Å²) in [6.07, 6.45) is 10.5. The van der Waals surface area contributed by atoms with Crippen molar-refractivity contribution in [3.8, 4) is 0 Å². The van der Waals surface area contributed by atoms with Crippen molar-refractivity contribution in [1.82, 2.24) is 0 Å². The van der Waals surface area contributed by atoms with Gasteiger partial charge in [-0.3, -0.25) is 9.59 Å². The van der Waals surface area contributed by atoms with Crippen LogP contribution in [0.3, 0.4) is 0 Å². The Labute approximate surface area is 160 Å². The van der Waals surface area contributed by atoms with Crippen molar-refractivity contribution in [2.75, 3.05) is 27.7 Å². The van der Waals surface area contributed by atoms with Crippen LogP contribution < -0.4 is 0 Å². The largest absolute Gasteiger partial charge is 0.481 e. The predicted octanol–water partition coefficient (Wildman–Crippen LogP) is 4.64. The number of likely N-dealkylation sites (N-methyl/N-ethyl adjacent to an activating group) is 1. The minimum atomic E-state index is -0.927. The molecule has 0 saturated heterocycles. The fourth-order valence-electron chi connectivity index (χ4n) is 3.20. The quantitative estimate of drug-likeness (QED) is 0.244. The SMILES string of the molecule is CCCCCC(C)CCCCCCC(=O)OC(CC(=O)O)C[N+](C)(C)C. The molecule has 0 radical (unpaired) electrons. The molecule has 2 atom stereocenters. The second-order valence-corrected chi connectivity index (χ2v) is 8.74. The zero-order valence-electron chi connectivity index (χ0n) is 17.8. The topological polar surface area (TPSA) is 63.6 Å². The van der Waals surface area contributed by atoms with E-state index in [1.54, 1.807) is 0 Å². The molecule has 0 aromatic heterocycles. The van der Waals surface area contributed by atoms with E-state index in [0.29, 0.717) is 17.4 Å². The highest BCUT2D eigenvalue weighted by atomic mass is 16.5. The minimum Gasteiger partial charge on any atom is -0.481 e. The van der Waals surface area contributed by atoms with Gasteiger partial charge in [0.05, 0.1) is 27.6 Å². The zero-order chi connectivity index (χ0) is 20.0. The number of carboxylic acid groups (broad SMARTS) is 1. The number of unbranched alkanes of at least 4 members (excludes halogenated alkanes) is 5. The maximum atomic E-state index is 12.0. The maximum Gasteiger partial charge on any atom is 0.307 e. The first-order valence-corrected chi connectivity index (χ1v) is 10.4. The van der Waals surface area contributed by atoms with Crippen molar-refractivity contribution in [1.29, 1.82) is 0 Å². The number of esters is 1. The monoisotopic (exact) mass is 372 g/mol. The Morgan fingerprint density at radius 1 is 0.962 bits per heavy atom. The van der Waals surface area contributed by atoms with Crippen LogP contribution in [0.15, 0.2) is 0 Å². The average molecular weight is 373 g/mol. The second kappa shape index (κ2) is 14.0. The molecule has 0 aliphatic rings. The number of carbonyl (C=O) groups is 2. The summed E-state index contributed by atoms with van der Waals surface area (Å²) in [4.78, 5) is 22.9. The highest BCUT2D eigenvalue weighted by Gasteiger charge is 2.24. The van der Waals surface area contributed by atoms with E-state index in [0.717, 1.165) is 25.2 Å². The number of quaternary nitrogens is 1. The summed E-state index contributed by atoms with van der Waals surface area (Å²) in [7, 11) is 5.89. The van der Waals surface area contributed by atoms with Crippen LogP contribution in [0.4, 0.5) is 0 Å². The first-order chi connectivity index (χ1) is 12.1. The van der Waals surface area contributed by atoms with Crippen molar-refractivity contribution in [2.24, 2.45) is 5.92 Å². The molecule has 5 nitrogen and oxygen atoms in total. The summed E-state index contributed by atoms with van der Waals surface area (Å²) in [5.74, 6) is -0.388. The van der Waals surface area contributed by atoms with Gasteiger partial charge < -0.3 is 14.3 Å². The predicted molar refractivity (Wildman–Crippen MR) is 106 cm³/mol. The third kappa shape index (κ3) is 16.4. The molecule has 0 aliphatic heterocycles. The summed E-state index contributed by atoms with van der Waals surface area (Å²) in [5.41, 5.74) is 0. The lowest BCUT2D eigenvalue weighted by molar-refractivity contribution is -0.873. The highest BCUT2D eigenvalue weighted by molar-refractivity contribution is 5.71. The Hall–Kier alpha value is -1.10. The van der Waals surface area contributed by atoms with Gasteiger partial charge in [-0.15, -0.1) is 0 Å². The summed E-state index contributed by atoms with van der Waals surface area (Å²) in [5, 5.41) is 8.98. The van der Waals surface area contributed by atoms with Crippen molar-refractivity contribution >= 4 is 11.9 Å². The molecule has 2 unspecified atom stereocenters. The van der Waals surface area contributed by atoms with Gasteiger partial charge in [-0.25, -0.2) is 0 Å². The van der Waals surface area contributed by atoms with Gasteiger partial charge in [0.15, 0.2) is 6.10 Å². The van der Waals surface area contributed by atoms with Crippen LogP contribution in [0.5, 0.6) is 0 Å². The molecular weight excluding hydrogens is 330 g/mol.